The molecule has 9 heteroatoms. The minimum absolute atomic E-state index is 0.308. The van der Waals surface area contributed by atoms with E-state index in [4.69, 9.17) is 0 Å². The fraction of sp³-hybridized carbons (Fsp3) is 0.158. The molecule has 0 bridgehead atoms. The number of imidazole rings is 1. The third-order valence-electron chi connectivity index (χ3n) is 4.30. The van der Waals surface area contributed by atoms with E-state index in [2.05, 4.69) is 20.5 Å². The zero-order valence-electron chi connectivity index (χ0n) is 15.2. The lowest BCUT2D eigenvalue weighted by molar-refractivity contribution is 0.0930. The van der Waals surface area contributed by atoms with E-state index in [0.29, 0.717) is 28.0 Å². The van der Waals surface area contributed by atoms with Crippen molar-refractivity contribution < 1.29 is 9.18 Å². The fourth-order valence-corrected chi connectivity index (χ4v) is 3.51. The number of thioether (sulfide) groups is 1. The molecule has 142 valence electrons. The number of nitrogens with zero attached hydrogens (tertiary/aromatic N) is 5. The first-order valence-corrected chi connectivity index (χ1v) is 9.79. The summed E-state index contributed by atoms with van der Waals surface area (Å²) in [7, 11) is 0. The molecule has 0 saturated carbocycles. The molecule has 1 unspecified atom stereocenters. The van der Waals surface area contributed by atoms with Gasteiger partial charge in [0.2, 0.25) is 0 Å². The number of hydrogen-bond acceptors (Lipinski definition) is 5. The predicted molar refractivity (Wildman–Crippen MR) is 104 cm³/mol. The number of amides is 1. The quantitative estimate of drug-likeness (QED) is 0.524. The standard InChI is InChI=1S/C19H17FN6OS/c1-12(17-24-23-16-5-3-4-10-25(16)17)22-18(27)15-11-21-19(28-2)26(15)14-8-6-13(20)7-9-14/h3-12H,1-2H3,(H,22,27). The van der Waals surface area contributed by atoms with E-state index in [9.17, 15) is 9.18 Å². The van der Waals surface area contributed by atoms with Gasteiger partial charge < -0.3 is 5.32 Å². The molecule has 4 rings (SSSR count). The zero-order valence-corrected chi connectivity index (χ0v) is 16.0. The molecule has 0 spiro atoms. The third kappa shape index (κ3) is 3.24. The van der Waals surface area contributed by atoms with Crippen molar-refractivity contribution in [2.75, 3.05) is 6.26 Å². The highest BCUT2D eigenvalue weighted by atomic mass is 32.2. The molecule has 3 heterocycles. The number of rotatable bonds is 5. The van der Waals surface area contributed by atoms with Gasteiger partial charge >= 0.3 is 0 Å². The molecular weight excluding hydrogens is 379 g/mol. The molecule has 4 aromatic rings. The van der Waals surface area contributed by atoms with Gasteiger partial charge in [0, 0.05) is 11.9 Å². The van der Waals surface area contributed by atoms with Gasteiger partial charge in [0.1, 0.15) is 11.5 Å². The Labute approximate surface area is 164 Å². The van der Waals surface area contributed by atoms with Crippen molar-refractivity contribution in [2.45, 2.75) is 18.1 Å². The van der Waals surface area contributed by atoms with Gasteiger partial charge in [-0.3, -0.25) is 13.8 Å². The van der Waals surface area contributed by atoms with Gasteiger partial charge in [0.05, 0.1) is 12.2 Å². The lowest BCUT2D eigenvalue weighted by Gasteiger charge is -2.14. The summed E-state index contributed by atoms with van der Waals surface area (Å²) in [5.74, 6) is -0.0212. The minimum atomic E-state index is -0.376. The van der Waals surface area contributed by atoms with Crippen LogP contribution >= 0.6 is 11.8 Å². The first-order valence-electron chi connectivity index (χ1n) is 8.56. The number of halogens is 1. The number of hydrogen-bond donors (Lipinski definition) is 1. The van der Waals surface area contributed by atoms with Crippen LogP contribution in [0.3, 0.4) is 0 Å². The Morgan fingerprint density at radius 3 is 2.71 bits per heavy atom. The topological polar surface area (TPSA) is 77.1 Å². The zero-order chi connectivity index (χ0) is 19.7. The van der Waals surface area contributed by atoms with E-state index in [1.54, 1.807) is 16.7 Å². The van der Waals surface area contributed by atoms with Crippen LogP contribution in [-0.4, -0.2) is 36.3 Å². The Morgan fingerprint density at radius 2 is 1.96 bits per heavy atom. The number of aromatic nitrogens is 5. The molecule has 28 heavy (non-hydrogen) atoms. The first kappa shape index (κ1) is 18.2. The van der Waals surface area contributed by atoms with Crippen LogP contribution in [0.25, 0.3) is 11.3 Å². The maximum absolute atomic E-state index is 13.3. The van der Waals surface area contributed by atoms with Crippen LogP contribution in [0, 0.1) is 5.82 Å². The Kier molecular flexibility index (Phi) is 4.82. The van der Waals surface area contributed by atoms with Crippen LogP contribution < -0.4 is 5.32 Å². The van der Waals surface area contributed by atoms with Crippen LogP contribution in [0.15, 0.2) is 60.0 Å². The van der Waals surface area contributed by atoms with Gasteiger partial charge in [-0.15, -0.1) is 10.2 Å². The van der Waals surface area contributed by atoms with Crippen molar-refractivity contribution >= 4 is 23.3 Å². The largest absolute Gasteiger partial charge is 0.341 e. The van der Waals surface area contributed by atoms with E-state index in [-0.39, 0.29) is 17.8 Å². The molecule has 1 atom stereocenters. The summed E-state index contributed by atoms with van der Waals surface area (Å²) in [6.45, 7) is 1.84. The second kappa shape index (κ2) is 7.43. The monoisotopic (exact) mass is 396 g/mol. The molecule has 1 amide bonds. The summed E-state index contributed by atoms with van der Waals surface area (Å²) in [5.41, 5.74) is 1.73. The number of carbonyl (C=O) groups is 1. The Bertz CT molecular complexity index is 1140. The maximum Gasteiger partial charge on any atom is 0.270 e. The van der Waals surface area contributed by atoms with Crippen LogP contribution in [0.5, 0.6) is 0 Å². The van der Waals surface area contributed by atoms with E-state index >= 15 is 0 Å². The van der Waals surface area contributed by atoms with Crippen molar-refractivity contribution in [1.29, 1.82) is 0 Å². The first-order chi connectivity index (χ1) is 13.6. The van der Waals surface area contributed by atoms with Gasteiger partial charge in [-0.1, -0.05) is 17.8 Å². The lowest BCUT2D eigenvalue weighted by atomic mass is 10.2. The van der Waals surface area contributed by atoms with Gasteiger partial charge in [-0.05, 0) is 49.6 Å². The van der Waals surface area contributed by atoms with Crippen molar-refractivity contribution in [3.8, 4) is 5.69 Å². The molecule has 0 fully saturated rings. The number of nitrogens with one attached hydrogen (secondary N) is 1. The summed E-state index contributed by atoms with van der Waals surface area (Å²) in [5, 5.41) is 11.9. The molecule has 0 radical (unpaired) electrons. The molecule has 0 saturated heterocycles. The number of carbonyl (C=O) groups excluding carboxylic acids is 1. The fourth-order valence-electron chi connectivity index (χ4n) is 2.97. The summed E-state index contributed by atoms with van der Waals surface area (Å²) in [4.78, 5) is 17.3. The summed E-state index contributed by atoms with van der Waals surface area (Å²) in [6, 6.07) is 11.2. The molecule has 0 aliphatic carbocycles. The summed E-state index contributed by atoms with van der Waals surface area (Å²) < 4.78 is 16.8. The lowest BCUT2D eigenvalue weighted by Crippen LogP contribution is -2.29. The van der Waals surface area contributed by atoms with Crippen LogP contribution in [0.2, 0.25) is 0 Å². The van der Waals surface area contributed by atoms with E-state index < -0.39 is 0 Å². The average Bonchev–Trinajstić information content (AvgIpc) is 3.33. The van der Waals surface area contributed by atoms with E-state index in [0.717, 1.165) is 0 Å². The SMILES string of the molecule is CSc1ncc(C(=O)NC(C)c2nnc3ccccn23)n1-c1ccc(F)cc1. The highest BCUT2D eigenvalue weighted by Gasteiger charge is 2.21. The summed E-state index contributed by atoms with van der Waals surface area (Å²) in [6.07, 6.45) is 5.23. The van der Waals surface area contributed by atoms with Crippen molar-refractivity contribution in [3.05, 3.63) is 72.2 Å². The van der Waals surface area contributed by atoms with Crippen LogP contribution in [-0.2, 0) is 0 Å². The van der Waals surface area contributed by atoms with Gasteiger partial charge in [0.15, 0.2) is 16.6 Å². The third-order valence-corrected chi connectivity index (χ3v) is 4.96. The average molecular weight is 396 g/mol. The predicted octanol–water partition coefficient (Wildman–Crippen LogP) is 3.27. The molecule has 7 nitrogen and oxygen atoms in total. The number of fused-ring (bicyclic) bond motifs is 1. The number of benzene rings is 1. The van der Waals surface area contributed by atoms with E-state index in [1.807, 2.05) is 42.0 Å². The van der Waals surface area contributed by atoms with Gasteiger partial charge in [-0.25, -0.2) is 9.37 Å². The van der Waals surface area contributed by atoms with Crippen molar-refractivity contribution in [3.63, 3.8) is 0 Å². The molecule has 1 aromatic carbocycles. The second-order valence-electron chi connectivity index (χ2n) is 6.12. The van der Waals surface area contributed by atoms with Crippen LogP contribution in [0.4, 0.5) is 4.39 Å². The normalized spacial score (nSPS) is 12.2. The van der Waals surface area contributed by atoms with Gasteiger partial charge in [0.25, 0.3) is 5.91 Å². The van der Waals surface area contributed by atoms with Crippen LogP contribution in [0.1, 0.15) is 29.3 Å². The van der Waals surface area contributed by atoms with Crippen molar-refractivity contribution in [1.82, 2.24) is 29.5 Å². The Morgan fingerprint density at radius 1 is 1.18 bits per heavy atom. The van der Waals surface area contributed by atoms with E-state index in [1.165, 1.54) is 30.1 Å². The molecule has 0 aliphatic heterocycles. The molecule has 3 aromatic heterocycles. The highest BCUT2D eigenvalue weighted by Crippen LogP contribution is 2.23. The molecular formula is C19H17FN6OS. The molecule has 1 N–H and O–H groups in total. The van der Waals surface area contributed by atoms with Crippen molar-refractivity contribution in [2.24, 2.45) is 0 Å². The highest BCUT2D eigenvalue weighted by molar-refractivity contribution is 7.98. The Balaban J connectivity index is 1.65. The smallest absolute Gasteiger partial charge is 0.270 e. The summed E-state index contributed by atoms with van der Waals surface area (Å²) >= 11 is 1.40. The Hall–Kier alpha value is -3.20. The maximum atomic E-state index is 13.3. The minimum Gasteiger partial charge on any atom is -0.341 e. The second-order valence-corrected chi connectivity index (χ2v) is 6.90. The number of pyridine rings is 1. The molecule has 0 aliphatic rings. The van der Waals surface area contributed by atoms with Gasteiger partial charge in [-0.2, -0.15) is 0 Å².